The van der Waals surface area contributed by atoms with Gasteiger partial charge in [0.25, 0.3) is 0 Å². The summed E-state index contributed by atoms with van der Waals surface area (Å²) in [4.78, 5) is 0. The molecule has 0 spiro atoms. The van der Waals surface area contributed by atoms with Crippen molar-refractivity contribution in [3.8, 4) is 11.5 Å². The number of benzene rings is 2. The predicted molar refractivity (Wildman–Crippen MR) is 116 cm³/mol. The number of fused-ring (bicyclic) bond motifs is 1. The van der Waals surface area contributed by atoms with Crippen LogP contribution in [0.2, 0.25) is 0 Å². The summed E-state index contributed by atoms with van der Waals surface area (Å²) < 4.78 is 82.2. The summed E-state index contributed by atoms with van der Waals surface area (Å²) in [5.41, 5.74) is 1.98. The molecule has 32 heavy (non-hydrogen) atoms. The molecule has 0 bridgehead atoms. The molecule has 176 valence electrons. The first-order chi connectivity index (χ1) is 14.8. The molecular weight excluding hydrogens is 471 g/mol. The Morgan fingerprint density at radius 3 is 2.53 bits per heavy atom. The van der Waals surface area contributed by atoms with Gasteiger partial charge in [-0.1, -0.05) is 48.0 Å². The lowest BCUT2D eigenvalue weighted by Gasteiger charge is -2.42. The van der Waals surface area contributed by atoms with Gasteiger partial charge in [-0.15, -0.1) is 0 Å². The van der Waals surface area contributed by atoms with E-state index in [9.17, 15) is 31.3 Å². The van der Waals surface area contributed by atoms with Crippen molar-refractivity contribution in [2.45, 2.75) is 49.5 Å². The fourth-order valence-electron chi connectivity index (χ4n) is 3.81. The Hall–Kier alpha value is -1.81. The molecule has 3 rings (SSSR count). The van der Waals surface area contributed by atoms with E-state index in [2.05, 4.69) is 0 Å². The third-order valence-electron chi connectivity index (χ3n) is 5.57. The number of halogens is 5. The van der Waals surface area contributed by atoms with Crippen molar-refractivity contribution in [1.82, 2.24) is 0 Å². The fraction of sp³-hybridized carbons (Fsp3) is 0.455. The first-order valence-electron chi connectivity index (χ1n) is 9.87. The minimum Gasteiger partial charge on any atom is -0.508 e. The molecule has 1 aliphatic rings. The number of phenols is 1. The van der Waals surface area contributed by atoms with Crippen LogP contribution in [0.1, 0.15) is 41.7 Å². The van der Waals surface area contributed by atoms with E-state index in [1.807, 2.05) is 38.1 Å². The molecule has 3 atom stereocenters. The lowest BCUT2D eigenvalue weighted by Crippen LogP contribution is -2.40. The number of ether oxygens (including phenoxy) is 1. The van der Waals surface area contributed by atoms with Gasteiger partial charge in [-0.25, -0.2) is 4.21 Å². The largest absolute Gasteiger partial charge is 0.508 e. The number of alkyl halides is 5. The summed E-state index contributed by atoms with van der Waals surface area (Å²) in [5.74, 6) is -4.68. The number of hydrogen-bond donors (Lipinski definition) is 1. The molecule has 0 saturated heterocycles. The third-order valence-corrected chi connectivity index (χ3v) is 9.09. The van der Waals surface area contributed by atoms with Crippen molar-refractivity contribution in [2.24, 2.45) is 0 Å². The van der Waals surface area contributed by atoms with Gasteiger partial charge in [-0.3, -0.25) is 0 Å². The van der Waals surface area contributed by atoms with Gasteiger partial charge in [0.2, 0.25) is 0 Å². The van der Waals surface area contributed by atoms with Gasteiger partial charge in [-0.2, -0.15) is 22.0 Å². The van der Waals surface area contributed by atoms with Gasteiger partial charge in [0, 0.05) is 29.2 Å². The van der Waals surface area contributed by atoms with Gasteiger partial charge >= 0.3 is 12.1 Å². The highest BCUT2D eigenvalue weighted by Gasteiger charge is 2.56. The molecule has 2 aromatic carbocycles. The molecule has 0 amide bonds. The Morgan fingerprint density at radius 2 is 1.88 bits per heavy atom. The maximum absolute atomic E-state index is 13.2. The molecule has 0 radical (unpaired) electrons. The fourth-order valence-corrected chi connectivity index (χ4v) is 7.44. The summed E-state index contributed by atoms with van der Waals surface area (Å²) in [6.07, 6.45) is -7.55. The van der Waals surface area contributed by atoms with Gasteiger partial charge in [0.05, 0.1) is 21.7 Å². The quantitative estimate of drug-likeness (QED) is 0.354. The lowest BCUT2D eigenvalue weighted by molar-refractivity contribution is -0.284. The van der Waals surface area contributed by atoms with Crippen molar-refractivity contribution in [3.63, 3.8) is 0 Å². The monoisotopic (exact) mass is 494 g/mol. The highest BCUT2D eigenvalue weighted by molar-refractivity contribution is 8.69. The van der Waals surface area contributed by atoms with Crippen molar-refractivity contribution in [3.05, 3.63) is 59.2 Å². The second-order valence-electron chi connectivity index (χ2n) is 8.03. The first-order valence-corrected chi connectivity index (χ1v) is 12.6. The molecule has 0 fully saturated rings. The molecule has 3 nitrogen and oxygen atoms in total. The van der Waals surface area contributed by atoms with Crippen LogP contribution in [0.4, 0.5) is 22.0 Å². The molecular formula is C22H23F5O3S2. The number of aryl methyl sites for hydroxylation is 1. The highest BCUT2D eigenvalue weighted by Crippen LogP contribution is 2.54. The zero-order valence-electron chi connectivity index (χ0n) is 17.4. The van der Waals surface area contributed by atoms with Crippen LogP contribution in [0.15, 0.2) is 42.5 Å². The topological polar surface area (TPSA) is 46.5 Å². The van der Waals surface area contributed by atoms with Crippen LogP contribution in [0, 0.1) is 6.92 Å². The van der Waals surface area contributed by atoms with Crippen molar-refractivity contribution in [1.29, 1.82) is 0 Å². The molecule has 0 aliphatic carbocycles. The van der Waals surface area contributed by atoms with Crippen molar-refractivity contribution in [2.75, 3.05) is 12.4 Å². The van der Waals surface area contributed by atoms with Gasteiger partial charge in [0.15, 0.2) is 0 Å². The van der Waals surface area contributed by atoms with Crippen molar-refractivity contribution >= 4 is 20.6 Å². The van der Waals surface area contributed by atoms with Crippen LogP contribution in [0.25, 0.3) is 0 Å². The Kier molecular flexibility index (Phi) is 7.14. The maximum Gasteiger partial charge on any atom is 0.453 e. The summed E-state index contributed by atoms with van der Waals surface area (Å²) in [7, 11) is -0.699. The highest BCUT2D eigenvalue weighted by atomic mass is 33.1. The average molecular weight is 495 g/mol. The SMILES string of the molecule is Cc1ccccc1C1(C)COc2cc(O)ccc2C1SS(=O)CCCC(F)(F)C(F)(F)F. The van der Waals surface area contributed by atoms with E-state index < -0.39 is 45.4 Å². The second kappa shape index (κ2) is 9.21. The molecule has 1 heterocycles. The lowest BCUT2D eigenvalue weighted by atomic mass is 9.74. The normalized spacial score (nSPS) is 22.2. The minimum absolute atomic E-state index is 0.00231. The van der Waals surface area contributed by atoms with Gasteiger partial charge in [0.1, 0.15) is 11.5 Å². The Balaban J connectivity index is 1.85. The standard InChI is InChI=1S/C22H23F5O3S2/c1-14-6-3-4-7-17(14)20(2)13-30-18-12-15(28)8-9-16(18)19(20)31-32(29)11-5-10-21(23,24)22(25,26)27/h3-4,6-9,12,19,28H,5,10-11,13H2,1-2H3. The van der Waals surface area contributed by atoms with Crippen LogP contribution in [-0.2, 0) is 15.2 Å². The van der Waals surface area contributed by atoms with Gasteiger partial charge < -0.3 is 9.84 Å². The Bertz CT molecular complexity index is 996. The summed E-state index contributed by atoms with van der Waals surface area (Å²) >= 11 is 0. The molecule has 10 heteroatoms. The maximum atomic E-state index is 13.2. The van der Waals surface area contributed by atoms with E-state index >= 15 is 0 Å². The van der Waals surface area contributed by atoms with Crippen LogP contribution in [-0.4, -0.2) is 33.8 Å². The van der Waals surface area contributed by atoms with E-state index in [1.165, 1.54) is 12.1 Å². The van der Waals surface area contributed by atoms with Crippen LogP contribution < -0.4 is 4.74 Å². The Labute approximate surface area is 189 Å². The Morgan fingerprint density at radius 1 is 1.19 bits per heavy atom. The second-order valence-corrected chi connectivity index (χ2v) is 11.4. The van der Waals surface area contributed by atoms with E-state index in [0.29, 0.717) is 11.3 Å². The molecule has 3 unspecified atom stereocenters. The molecule has 0 saturated carbocycles. The number of rotatable bonds is 7. The summed E-state index contributed by atoms with van der Waals surface area (Å²) in [5, 5.41) is 9.36. The number of hydrogen-bond acceptors (Lipinski definition) is 4. The summed E-state index contributed by atoms with van der Waals surface area (Å²) in [6, 6.07) is 12.2. The number of phenolic OH excluding ortho intramolecular Hbond substituents is 1. The van der Waals surface area contributed by atoms with E-state index in [1.54, 1.807) is 6.07 Å². The van der Waals surface area contributed by atoms with Crippen molar-refractivity contribution < 1.29 is 36.0 Å². The number of aromatic hydroxyl groups is 1. The van der Waals surface area contributed by atoms with E-state index in [4.69, 9.17) is 4.74 Å². The third kappa shape index (κ3) is 5.06. The zero-order chi connectivity index (χ0) is 23.7. The van der Waals surface area contributed by atoms with Crippen LogP contribution >= 0.6 is 10.8 Å². The van der Waals surface area contributed by atoms with E-state index in [-0.39, 0.29) is 18.1 Å². The van der Waals surface area contributed by atoms with Crippen LogP contribution in [0.3, 0.4) is 0 Å². The first kappa shape index (κ1) is 24.8. The molecule has 1 N–H and O–H groups in total. The van der Waals surface area contributed by atoms with Crippen LogP contribution in [0.5, 0.6) is 11.5 Å². The smallest absolute Gasteiger partial charge is 0.453 e. The molecule has 1 aliphatic heterocycles. The minimum atomic E-state index is -5.62. The summed E-state index contributed by atoms with van der Waals surface area (Å²) in [6.45, 7) is 4.10. The average Bonchev–Trinajstić information content (AvgIpc) is 2.69. The zero-order valence-corrected chi connectivity index (χ0v) is 19.1. The predicted octanol–water partition coefficient (Wildman–Crippen LogP) is 6.47. The molecule has 0 aromatic heterocycles. The van der Waals surface area contributed by atoms with Gasteiger partial charge in [-0.05, 0) is 30.5 Å². The van der Waals surface area contributed by atoms with E-state index in [0.717, 1.165) is 21.9 Å². The molecule has 2 aromatic rings.